The molecule has 2 fully saturated rings. The number of pyridine rings is 2. The maximum absolute atomic E-state index is 5.58. The Morgan fingerprint density at radius 3 is 2.89 bits per heavy atom. The molecule has 0 bridgehead atoms. The van der Waals surface area contributed by atoms with Gasteiger partial charge in [0.1, 0.15) is 11.4 Å². The first-order valence-corrected chi connectivity index (χ1v) is 9.34. The largest absolute Gasteiger partial charge is 0.339 e. The van der Waals surface area contributed by atoms with Gasteiger partial charge in [-0.1, -0.05) is 17.1 Å². The first-order valence-electron chi connectivity index (χ1n) is 9.34. The molecule has 0 amide bonds. The zero-order valence-corrected chi connectivity index (χ0v) is 14.9. The molecular formula is C21H19N5O. The summed E-state index contributed by atoms with van der Waals surface area (Å²) in [5.41, 5.74) is 2.27. The van der Waals surface area contributed by atoms with Crippen molar-refractivity contribution in [2.75, 3.05) is 13.1 Å². The Bertz CT molecular complexity index is 987. The summed E-state index contributed by atoms with van der Waals surface area (Å²) >= 11 is 0. The Hall–Kier alpha value is -3.04. The lowest BCUT2D eigenvalue weighted by atomic mass is 9.98. The first-order chi connectivity index (χ1) is 13.4. The summed E-state index contributed by atoms with van der Waals surface area (Å²) < 4.78 is 5.58. The molecule has 3 aromatic heterocycles. The predicted molar refractivity (Wildman–Crippen MR) is 99.7 cm³/mol. The Balaban J connectivity index is 1.33. The van der Waals surface area contributed by atoms with Crippen LogP contribution in [0.2, 0.25) is 0 Å². The van der Waals surface area contributed by atoms with Gasteiger partial charge < -0.3 is 4.52 Å². The number of nitrogens with zero attached hydrogens (tertiary/aromatic N) is 5. The quantitative estimate of drug-likeness (QED) is 0.657. The molecular weight excluding hydrogens is 338 g/mol. The van der Waals surface area contributed by atoms with Gasteiger partial charge in [0.25, 0.3) is 0 Å². The van der Waals surface area contributed by atoms with Crippen molar-refractivity contribution >= 4 is 0 Å². The molecule has 0 saturated carbocycles. The second-order valence-corrected chi connectivity index (χ2v) is 6.99. The van der Waals surface area contributed by atoms with Crippen LogP contribution in [0.1, 0.15) is 42.3 Å². The minimum atomic E-state index is 0.359. The molecule has 0 aromatic carbocycles. The average molecular weight is 357 g/mol. The van der Waals surface area contributed by atoms with E-state index in [-0.39, 0.29) is 0 Å². The maximum atomic E-state index is 5.58. The van der Waals surface area contributed by atoms with Crippen LogP contribution >= 0.6 is 0 Å². The van der Waals surface area contributed by atoms with E-state index < -0.39 is 0 Å². The molecule has 0 aliphatic carbocycles. The molecule has 6 nitrogen and oxygen atoms in total. The average Bonchev–Trinajstić information content (AvgIpc) is 3.44. The topological polar surface area (TPSA) is 67.9 Å². The first kappa shape index (κ1) is 16.2. The fourth-order valence-corrected chi connectivity index (χ4v) is 4.03. The van der Waals surface area contributed by atoms with Gasteiger partial charge in [-0.2, -0.15) is 4.98 Å². The van der Waals surface area contributed by atoms with Crippen molar-refractivity contribution in [1.29, 1.82) is 0 Å². The van der Waals surface area contributed by atoms with Crippen molar-refractivity contribution < 1.29 is 4.52 Å². The molecule has 2 aliphatic rings. The predicted octanol–water partition coefficient (Wildman–Crippen LogP) is 2.88. The van der Waals surface area contributed by atoms with Gasteiger partial charge in [0.05, 0.1) is 5.92 Å². The normalized spacial score (nSPS) is 21.6. The van der Waals surface area contributed by atoms with Crippen molar-refractivity contribution in [3.8, 4) is 23.4 Å². The summed E-state index contributed by atoms with van der Waals surface area (Å²) in [4.78, 5) is 15.8. The Labute approximate surface area is 157 Å². The molecule has 2 aliphatic heterocycles. The molecule has 0 N–H and O–H groups in total. The molecule has 2 saturated heterocycles. The summed E-state index contributed by atoms with van der Waals surface area (Å²) in [6, 6.07) is 10.0. The molecule has 2 atom stereocenters. The summed E-state index contributed by atoms with van der Waals surface area (Å²) in [6.45, 7) is 2.33. The highest BCUT2D eigenvalue weighted by molar-refractivity contribution is 5.50. The van der Waals surface area contributed by atoms with Crippen LogP contribution in [0.3, 0.4) is 0 Å². The van der Waals surface area contributed by atoms with E-state index in [4.69, 9.17) is 4.52 Å². The number of aromatic nitrogens is 4. The van der Waals surface area contributed by atoms with Gasteiger partial charge >= 0.3 is 0 Å². The third-order valence-electron chi connectivity index (χ3n) is 5.36. The fraction of sp³-hybridized carbons (Fsp3) is 0.333. The van der Waals surface area contributed by atoms with Crippen LogP contribution < -0.4 is 0 Å². The highest BCUT2D eigenvalue weighted by atomic mass is 16.5. The van der Waals surface area contributed by atoms with Crippen LogP contribution in [-0.4, -0.2) is 44.1 Å². The van der Waals surface area contributed by atoms with Gasteiger partial charge in [0, 0.05) is 24.0 Å². The minimum absolute atomic E-state index is 0.359. The molecule has 5 heterocycles. The van der Waals surface area contributed by atoms with Gasteiger partial charge in [-0.3, -0.25) is 9.88 Å². The monoisotopic (exact) mass is 357 g/mol. The van der Waals surface area contributed by atoms with Gasteiger partial charge in [0.2, 0.25) is 11.7 Å². The van der Waals surface area contributed by atoms with E-state index in [2.05, 4.69) is 36.8 Å². The highest BCUT2D eigenvalue weighted by Crippen LogP contribution is 2.38. The molecule has 6 heteroatoms. The van der Waals surface area contributed by atoms with Crippen LogP contribution in [0.5, 0.6) is 0 Å². The van der Waals surface area contributed by atoms with Crippen molar-refractivity contribution in [3.63, 3.8) is 0 Å². The molecule has 3 aromatic rings. The van der Waals surface area contributed by atoms with Gasteiger partial charge in [-0.25, -0.2) is 4.98 Å². The van der Waals surface area contributed by atoms with Crippen LogP contribution in [0.15, 0.2) is 47.2 Å². The van der Waals surface area contributed by atoms with Crippen LogP contribution in [0.4, 0.5) is 0 Å². The lowest BCUT2D eigenvalue weighted by molar-refractivity contribution is 0.285. The van der Waals surface area contributed by atoms with E-state index in [1.165, 1.54) is 19.4 Å². The Morgan fingerprint density at radius 1 is 1.04 bits per heavy atom. The standard InChI is InChI=1S/C21H19N5O/c1-2-11-22-16(4-1)8-6-15-7-9-18(23-14-15)20-24-21(27-25-20)17-10-13-26-12-3-5-19(17)26/h1-2,4,7,9,11,14,17,19H,3,5,10,12-13H2. The molecule has 27 heavy (non-hydrogen) atoms. The zero-order valence-electron chi connectivity index (χ0n) is 14.9. The summed E-state index contributed by atoms with van der Waals surface area (Å²) in [6.07, 6.45) is 7.06. The minimum Gasteiger partial charge on any atom is -0.339 e. The number of hydrogen-bond acceptors (Lipinski definition) is 6. The van der Waals surface area contributed by atoms with Crippen molar-refractivity contribution in [2.45, 2.75) is 31.2 Å². The second-order valence-electron chi connectivity index (χ2n) is 6.99. The van der Waals surface area contributed by atoms with Crippen LogP contribution in [-0.2, 0) is 0 Å². The fourth-order valence-electron chi connectivity index (χ4n) is 4.03. The van der Waals surface area contributed by atoms with E-state index in [0.717, 1.165) is 30.1 Å². The SMILES string of the molecule is C(#Cc1ccccn1)c1ccc(-c2noc(C3CCN4CCCC34)n2)nc1. The summed E-state index contributed by atoms with van der Waals surface area (Å²) in [5, 5.41) is 4.16. The number of rotatable bonds is 2. The highest BCUT2D eigenvalue weighted by Gasteiger charge is 2.40. The lowest BCUT2D eigenvalue weighted by Gasteiger charge is -2.16. The van der Waals surface area contributed by atoms with E-state index in [0.29, 0.717) is 23.5 Å². The lowest BCUT2D eigenvalue weighted by Crippen LogP contribution is -2.25. The van der Waals surface area contributed by atoms with Crippen LogP contribution in [0.25, 0.3) is 11.5 Å². The molecule has 0 radical (unpaired) electrons. The molecule has 2 unspecified atom stereocenters. The Kier molecular flexibility index (Phi) is 4.15. The van der Waals surface area contributed by atoms with Crippen molar-refractivity contribution in [3.05, 3.63) is 59.9 Å². The van der Waals surface area contributed by atoms with Crippen molar-refractivity contribution in [2.24, 2.45) is 0 Å². The van der Waals surface area contributed by atoms with Gasteiger partial charge in [0.15, 0.2) is 0 Å². The maximum Gasteiger partial charge on any atom is 0.231 e. The van der Waals surface area contributed by atoms with Crippen LogP contribution in [0, 0.1) is 11.8 Å². The van der Waals surface area contributed by atoms with Gasteiger partial charge in [-0.15, -0.1) is 0 Å². The van der Waals surface area contributed by atoms with Gasteiger partial charge in [-0.05, 0) is 62.5 Å². The molecule has 134 valence electrons. The van der Waals surface area contributed by atoms with Crippen molar-refractivity contribution in [1.82, 2.24) is 25.0 Å². The third-order valence-corrected chi connectivity index (χ3v) is 5.36. The van der Waals surface area contributed by atoms with E-state index in [1.54, 1.807) is 12.4 Å². The summed E-state index contributed by atoms with van der Waals surface area (Å²) in [5.74, 6) is 7.75. The van der Waals surface area contributed by atoms with E-state index >= 15 is 0 Å². The molecule has 0 spiro atoms. The number of fused-ring (bicyclic) bond motifs is 1. The second kappa shape index (κ2) is 6.93. The van der Waals surface area contributed by atoms with E-state index in [9.17, 15) is 0 Å². The number of hydrogen-bond donors (Lipinski definition) is 0. The van der Waals surface area contributed by atoms with E-state index in [1.807, 2.05) is 30.3 Å². The summed E-state index contributed by atoms with van der Waals surface area (Å²) in [7, 11) is 0. The third kappa shape index (κ3) is 3.22. The Morgan fingerprint density at radius 2 is 2.04 bits per heavy atom. The molecule has 5 rings (SSSR count). The smallest absolute Gasteiger partial charge is 0.231 e. The zero-order chi connectivity index (χ0) is 18.1.